The fourth-order valence-corrected chi connectivity index (χ4v) is 1.33. The lowest BCUT2D eigenvalue weighted by Crippen LogP contribution is -2.18. The summed E-state index contributed by atoms with van der Waals surface area (Å²) in [5.74, 6) is 0. The molecule has 1 nitrogen and oxygen atoms in total. The van der Waals surface area contributed by atoms with E-state index in [-0.39, 0.29) is 5.60 Å². The van der Waals surface area contributed by atoms with Crippen molar-refractivity contribution in [2.75, 3.05) is 0 Å². The molecule has 0 unspecified atom stereocenters. The lowest BCUT2D eigenvalue weighted by atomic mass is 10.2. The second kappa shape index (κ2) is 3.37. The normalized spacial score (nSPS) is 11.9. The van der Waals surface area contributed by atoms with E-state index in [0.717, 1.165) is 6.61 Å². The Hall–Kier alpha value is -0.340. The third kappa shape index (κ3) is 3.54. The molecule has 0 amide bonds. The molecule has 0 aromatic carbocycles. The molecule has 0 saturated heterocycles. The highest BCUT2D eigenvalue weighted by molar-refractivity contribution is 7.07. The van der Waals surface area contributed by atoms with E-state index in [1.54, 1.807) is 11.3 Å². The zero-order valence-corrected chi connectivity index (χ0v) is 8.07. The molecule has 0 fully saturated rings. The Balaban J connectivity index is 2.35. The monoisotopic (exact) mass is 170 g/mol. The van der Waals surface area contributed by atoms with Crippen LogP contribution >= 0.6 is 11.3 Å². The molecule has 0 saturated carbocycles. The van der Waals surface area contributed by atoms with E-state index in [0.29, 0.717) is 0 Å². The second-order valence-electron chi connectivity index (χ2n) is 3.53. The van der Waals surface area contributed by atoms with Crippen LogP contribution < -0.4 is 0 Å². The van der Waals surface area contributed by atoms with Gasteiger partial charge in [-0.05, 0) is 43.2 Å². The summed E-state index contributed by atoms with van der Waals surface area (Å²) < 4.78 is 5.58. The van der Waals surface area contributed by atoms with Crippen LogP contribution in [-0.2, 0) is 11.3 Å². The third-order valence-electron chi connectivity index (χ3n) is 1.25. The molecule has 0 spiro atoms. The summed E-state index contributed by atoms with van der Waals surface area (Å²) in [6.45, 7) is 6.94. The highest BCUT2D eigenvalue weighted by Crippen LogP contribution is 2.13. The van der Waals surface area contributed by atoms with Crippen molar-refractivity contribution < 1.29 is 4.74 Å². The van der Waals surface area contributed by atoms with Gasteiger partial charge in [0, 0.05) is 0 Å². The average Bonchev–Trinajstić information content (AvgIpc) is 2.32. The van der Waals surface area contributed by atoms with Crippen molar-refractivity contribution in [1.29, 1.82) is 0 Å². The van der Waals surface area contributed by atoms with Crippen LogP contribution in [-0.4, -0.2) is 5.60 Å². The quantitative estimate of drug-likeness (QED) is 0.663. The molecule has 1 aromatic rings. The molecular formula is C9H14OS. The molecule has 0 aliphatic rings. The maximum Gasteiger partial charge on any atom is 0.0732 e. The molecular weight excluding hydrogens is 156 g/mol. The summed E-state index contributed by atoms with van der Waals surface area (Å²) in [5, 5.41) is 4.19. The predicted octanol–water partition coefficient (Wildman–Crippen LogP) is 3.06. The highest BCUT2D eigenvalue weighted by Gasteiger charge is 2.09. The van der Waals surface area contributed by atoms with E-state index in [1.165, 1.54) is 5.56 Å². The molecule has 62 valence electrons. The summed E-state index contributed by atoms with van der Waals surface area (Å²) >= 11 is 1.71. The molecule has 1 heterocycles. The Kier molecular flexibility index (Phi) is 2.68. The maximum atomic E-state index is 5.58. The van der Waals surface area contributed by atoms with Crippen LogP contribution in [0.15, 0.2) is 16.8 Å². The van der Waals surface area contributed by atoms with Crippen LogP contribution in [0.1, 0.15) is 26.3 Å². The van der Waals surface area contributed by atoms with Gasteiger partial charge in [-0.2, -0.15) is 11.3 Å². The molecule has 0 bridgehead atoms. The molecule has 0 radical (unpaired) electrons. The van der Waals surface area contributed by atoms with E-state index < -0.39 is 0 Å². The average molecular weight is 170 g/mol. The van der Waals surface area contributed by atoms with Crippen LogP contribution in [0.5, 0.6) is 0 Å². The number of rotatable bonds is 2. The zero-order valence-electron chi connectivity index (χ0n) is 7.26. The van der Waals surface area contributed by atoms with Gasteiger partial charge in [-0.1, -0.05) is 0 Å². The van der Waals surface area contributed by atoms with Crippen molar-refractivity contribution in [3.8, 4) is 0 Å². The number of ether oxygens (including phenoxy) is 1. The van der Waals surface area contributed by atoms with Gasteiger partial charge in [-0.3, -0.25) is 0 Å². The maximum absolute atomic E-state index is 5.58. The summed E-state index contributed by atoms with van der Waals surface area (Å²) in [5.41, 5.74) is 1.24. The van der Waals surface area contributed by atoms with Gasteiger partial charge in [0.25, 0.3) is 0 Å². The lowest BCUT2D eigenvalue weighted by molar-refractivity contribution is -0.0148. The SMILES string of the molecule is CC(C)(C)OCc1ccsc1. The summed E-state index contributed by atoms with van der Waals surface area (Å²) in [6, 6.07) is 2.09. The van der Waals surface area contributed by atoms with Crippen LogP contribution in [0.4, 0.5) is 0 Å². The van der Waals surface area contributed by atoms with Gasteiger partial charge in [0.15, 0.2) is 0 Å². The van der Waals surface area contributed by atoms with Gasteiger partial charge in [-0.15, -0.1) is 0 Å². The fourth-order valence-electron chi connectivity index (χ4n) is 0.675. The largest absolute Gasteiger partial charge is 0.371 e. The first kappa shape index (κ1) is 8.75. The molecule has 1 rings (SSSR count). The summed E-state index contributed by atoms with van der Waals surface area (Å²) in [4.78, 5) is 0. The van der Waals surface area contributed by atoms with Crippen molar-refractivity contribution in [1.82, 2.24) is 0 Å². The molecule has 11 heavy (non-hydrogen) atoms. The second-order valence-corrected chi connectivity index (χ2v) is 4.31. The van der Waals surface area contributed by atoms with E-state index in [1.807, 2.05) is 0 Å². The van der Waals surface area contributed by atoms with Crippen LogP contribution in [0, 0.1) is 0 Å². The first-order chi connectivity index (χ1) is 5.08. The van der Waals surface area contributed by atoms with Gasteiger partial charge >= 0.3 is 0 Å². The fraction of sp³-hybridized carbons (Fsp3) is 0.556. The van der Waals surface area contributed by atoms with Crippen LogP contribution in [0.3, 0.4) is 0 Å². The van der Waals surface area contributed by atoms with E-state index >= 15 is 0 Å². The Morgan fingerprint density at radius 3 is 2.64 bits per heavy atom. The van der Waals surface area contributed by atoms with Crippen molar-refractivity contribution >= 4 is 11.3 Å². The van der Waals surface area contributed by atoms with Gasteiger partial charge in [-0.25, -0.2) is 0 Å². The predicted molar refractivity (Wildman–Crippen MR) is 48.9 cm³/mol. The number of thiophene rings is 1. The standard InChI is InChI=1S/C9H14OS/c1-9(2,3)10-6-8-4-5-11-7-8/h4-5,7H,6H2,1-3H3. The van der Waals surface area contributed by atoms with Gasteiger partial charge in [0.2, 0.25) is 0 Å². The van der Waals surface area contributed by atoms with Gasteiger partial charge in [0.05, 0.1) is 12.2 Å². The summed E-state index contributed by atoms with van der Waals surface area (Å²) in [6.07, 6.45) is 0. The first-order valence-electron chi connectivity index (χ1n) is 3.73. The van der Waals surface area contributed by atoms with E-state index in [2.05, 4.69) is 37.6 Å². The Morgan fingerprint density at radius 1 is 1.45 bits per heavy atom. The summed E-state index contributed by atoms with van der Waals surface area (Å²) in [7, 11) is 0. The Labute approximate surface area is 72.0 Å². The molecule has 0 atom stereocenters. The van der Waals surface area contributed by atoms with E-state index in [9.17, 15) is 0 Å². The Bertz CT molecular complexity index is 196. The molecule has 1 aromatic heterocycles. The minimum atomic E-state index is -0.0259. The van der Waals surface area contributed by atoms with Crippen molar-refractivity contribution in [2.24, 2.45) is 0 Å². The molecule has 0 N–H and O–H groups in total. The van der Waals surface area contributed by atoms with Gasteiger partial charge in [0.1, 0.15) is 0 Å². The smallest absolute Gasteiger partial charge is 0.0732 e. The van der Waals surface area contributed by atoms with Crippen LogP contribution in [0.25, 0.3) is 0 Å². The van der Waals surface area contributed by atoms with Crippen LogP contribution in [0.2, 0.25) is 0 Å². The molecule has 0 aliphatic carbocycles. The number of hydrogen-bond donors (Lipinski definition) is 0. The molecule has 2 heteroatoms. The minimum absolute atomic E-state index is 0.0259. The zero-order chi connectivity index (χ0) is 8.32. The minimum Gasteiger partial charge on any atom is -0.371 e. The van der Waals surface area contributed by atoms with Crippen molar-refractivity contribution in [3.05, 3.63) is 22.4 Å². The van der Waals surface area contributed by atoms with E-state index in [4.69, 9.17) is 4.74 Å². The topological polar surface area (TPSA) is 9.23 Å². The lowest BCUT2D eigenvalue weighted by Gasteiger charge is -2.18. The van der Waals surface area contributed by atoms with Crippen molar-refractivity contribution in [2.45, 2.75) is 33.0 Å². The Morgan fingerprint density at radius 2 is 2.18 bits per heavy atom. The highest BCUT2D eigenvalue weighted by atomic mass is 32.1. The number of hydrogen-bond acceptors (Lipinski definition) is 2. The molecule has 0 aliphatic heterocycles. The first-order valence-corrected chi connectivity index (χ1v) is 4.67. The van der Waals surface area contributed by atoms with Gasteiger partial charge < -0.3 is 4.74 Å². The third-order valence-corrected chi connectivity index (χ3v) is 1.98. The van der Waals surface area contributed by atoms with Crippen molar-refractivity contribution in [3.63, 3.8) is 0 Å².